The van der Waals surface area contributed by atoms with Gasteiger partial charge in [-0.3, -0.25) is 15.8 Å². The number of piperazine rings is 1. The fraction of sp³-hybridized carbons (Fsp3) is 1.00. The summed E-state index contributed by atoms with van der Waals surface area (Å²) in [4.78, 5) is 5.31. The summed E-state index contributed by atoms with van der Waals surface area (Å²) >= 11 is 0. The molecule has 25 heavy (non-hydrogen) atoms. The number of piperidine rings is 1. The lowest BCUT2D eigenvalue weighted by atomic mass is 9.79. The summed E-state index contributed by atoms with van der Waals surface area (Å²) in [6.45, 7) is 8.22. The number of hydrogen-bond acceptors (Lipinski definition) is 5. The molecule has 4 aliphatic rings. The van der Waals surface area contributed by atoms with Gasteiger partial charge in [-0.1, -0.05) is 0 Å². The quantitative estimate of drug-likeness (QED) is 0.711. The van der Waals surface area contributed by atoms with Crippen molar-refractivity contribution in [2.75, 3.05) is 45.8 Å². The van der Waals surface area contributed by atoms with E-state index in [0.29, 0.717) is 24.0 Å². The monoisotopic (exact) mass is 353 g/mol. The van der Waals surface area contributed by atoms with Gasteiger partial charge in [0.25, 0.3) is 0 Å². The highest BCUT2D eigenvalue weighted by atomic mass is 19.1. The van der Waals surface area contributed by atoms with Crippen molar-refractivity contribution in [3.63, 3.8) is 0 Å². The van der Waals surface area contributed by atoms with Gasteiger partial charge in [0, 0.05) is 51.2 Å². The van der Waals surface area contributed by atoms with Crippen LogP contribution in [-0.4, -0.2) is 74.0 Å². The second-order valence-electron chi connectivity index (χ2n) is 8.63. The molecule has 0 spiro atoms. The van der Waals surface area contributed by atoms with Crippen molar-refractivity contribution in [3.8, 4) is 0 Å². The number of nitrogens with one attached hydrogen (secondary N) is 3. The minimum Gasteiger partial charge on any atom is -0.302 e. The van der Waals surface area contributed by atoms with Crippen LogP contribution in [0.2, 0.25) is 0 Å². The first-order valence-corrected chi connectivity index (χ1v) is 10.6. The van der Waals surface area contributed by atoms with Crippen LogP contribution in [0.3, 0.4) is 0 Å². The van der Waals surface area contributed by atoms with Gasteiger partial charge >= 0.3 is 0 Å². The van der Waals surface area contributed by atoms with Crippen molar-refractivity contribution in [1.82, 2.24) is 26.0 Å². The molecule has 3 aliphatic heterocycles. The zero-order chi connectivity index (χ0) is 17.1. The fourth-order valence-electron chi connectivity index (χ4n) is 5.41. The van der Waals surface area contributed by atoms with Gasteiger partial charge < -0.3 is 10.2 Å². The Labute approximate surface area is 152 Å². The molecule has 3 saturated heterocycles. The number of rotatable bonds is 4. The second kappa shape index (κ2) is 8.61. The van der Waals surface area contributed by atoms with E-state index in [0.717, 1.165) is 32.2 Å². The predicted octanol–water partition coefficient (Wildman–Crippen LogP) is 1.32. The molecule has 3 unspecified atom stereocenters. The summed E-state index contributed by atoms with van der Waals surface area (Å²) in [5, 5.41) is 3.69. The normalized spacial score (nSPS) is 41.9. The van der Waals surface area contributed by atoms with Crippen molar-refractivity contribution >= 4 is 0 Å². The smallest absolute Gasteiger partial charge is 0.100 e. The van der Waals surface area contributed by atoms with Crippen LogP contribution in [0.4, 0.5) is 4.39 Å². The van der Waals surface area contributed by atoms with Gasteiger partial charge in [0.1, 0.15) is 6.17 Å². The molecule has 6 heteroatoms. The largest absolute Gasteiger partial charge is 0.302 e. The highest BCUT2D eigenvalue weighted by Gasteiger charge is 2.37. The van der Waals surface area contributed by atoms with Gasteiger partial charge in [-0.2, -0.15) is 0 Å². The van der Waals surface area contributed by atoms with Gasteiger partial charge in [0.05, 0.1) is 6.17 Å². The standard InChI is InChI=1S/C19H36FN5/c20-17-6-4-15(5-7-17)19-16(13-22-23-19)14-24-9-11-25(12-10-24)18-3-1-2-8-21-18/h15-19,21-23H,1-14H2. The highest BCUT2D eigenvalue weighted by Crippen LogP contribution is 2.32. The zero-order valence-corrected chi connectivity index (χ0v) is 15.6. The number of hydrazine groups is 1. The molecule has 0 bridgehead atoms. The maximum atomic E-state index is 13.4. The maximum Gasteiger partial charge on any atom is 0.100 e. The van der Waals surface area contributed by atoms with E-state index in [1.807, 2.05) is 0 Å². The van der Waals surface area contributed by atoms with Gasteiger partial charge in [0.15, 0.2) is 0 Å². The van der Waals surface area contributed by atoms with E-state index in [-0.39, 0.29) is 0 Å². The molecule has 144 valence electrons. The Kier molecular flexibility index (Phi) is 6.24. The first kappa shape index (κ1) is 18.1. The molecule has 3 N–H and O–H groups in total. The number of halogens is 1. The molecule has 0 aromatic rings. The third kappa shape index (κ3) is 4.53. The van der Waals surface area contributed by atoms with Crippen molar-refractivity contribution in [2.24, 2.45) is 11.8 Å². The van der Waals surface area contributed by atoms with Crippen LogP contribution in [-0.2, 0) is 0 Å². The van der Waals surface area contributed by atoms with Crippen LogP contribution in [0, 0.1) is 11.8 Å². The Morgan fingerprint density at radius 1 is 0.920 bits per heavy atom. The van der Waals surface area contributed by atoms with Crippen molar-refractivity contribution in [3.05, 3.63) is 0 Å². The van der Waals surface area contributed by atoms with Gasteiger partial charge in [-0.15, -0.1) is 0 Å². The van der Waals surface area contributed by atoms with Crippen LogP contribution in [0.15, 0.2) is 0 Å². The first-order chi connectivity index (χ1) is 12.3. The summed E-state index contributed by atoms with van der Waals surface area (Å²) < 4.78 is 13.4. The average molecular weight is 354 g/mol. The summed E-state index contributed by atoms with van der Waals surface area (Å²) in [7, 11) is 0. The van der Waals surface area contributed by atoms with E-state index in [4.69, 9.17) is 0 Å². The summed E-state index contributed by atoms with van der Waals surface area (Å²) in [5.74, 6) is 1.32. The Bertz CT molecular complexity index is 401. The van der Waals surface area contributed by atoms with E-state index in [9.17, 15) is 4.39 Å². The molecule has 0 aromatic heterocycles. The topological polar surface area (TPSA) is 42.6 Å². The lowest BCUT2D eigenvalue weighted by Crippen LogP contribution is -2.56. The Morgan fingerprint density at radius 2 is 1.72 bits per heavy atom. The molecule has 0 radical (unpaired) electrons. The Balaban J connectivity index is 1.23. The predicted molar refractivity (Wildman–Crippen MR) is 98.9 cm³/mol. The van der Waals surface area contributed by atoms with Crippen LogP contribution in [0.1, 0.15) is 44.9 Å². The van der Waals surface area contributed by atoms with Crippen molar-refractivity contribution in [2.45, 2.75) is 63.3 Å². The minimum absolute atomic E-state index is 0.533. The Hall–Kier alpha value is -0.270. The summed E-state index contributed by atoms with van der Waals surface area (Å²) in [6, 6.07) is 0.533. The second-order valence-corrected chi connectivity index (χ2v) is 8.63. The molecular formula is C19H36FN5. The number of alkyl halides is 1. The molecule has 3 atom stereocenters. The molecule has 0 amide bonds. The maximum absolute atomic E-state index is 13.4. The molecule has 1 aliphatic carbocycles. The number of hydrogen-bond donors (Lipinski definition) is 3. The lowest BCUT2D eigenvalue weighted by molar-refractivity contribution is 0.0576. The summed E-state index contributed by atoms with van der Waals surface area (Å²) in [6.07, 6.45) is 7.74. The van der Waals surface area contributed by atoms with Gasteiger partial charge in [-0.25, -0.2) is 4.39 Å². The SMILES string of the molecule is FC1CCC(C2NNCC2CN2CCN(C3CCCCN3)CC2)CC1. The zero-order valence-electron chi connectivity index (χ0n) is 15.6. The van der Waals surface area contributed by atoms with Crippen molar-refractivity contribution in [1.29, 1.82) is 0 Å². The van der Waals surface area contributed by atoms with E-state index in [1.54, 1.807) is 0 Å². The van der Waals surface area contributed by atoms with E-state index in [2.05, 4.69) is 26.0 Å². The van der Waals surface area contributed by atoms with Gasteiger partial charge in [-0.05, 0) is 57.4 Å². The highest BCUT2D eigenvalue weighted by molar-refractivity contribution is 4.92. The lowest BCUT2D eigenvalue weighted by Gasteiger charge is -2.42. The third-order valence-electron chi connectivity index (χ3n) is 6.97. The molecule has 0 aromatic carbocycles. The van der Waals surface area contributed by atoms with E-state index in [1.165, 1.54) is 58.5 Å². The van der Waals surface area contributed by atoms with Crippen LogP contribution in [0.5, 0.6) is 0 Å². The third-order valence-corrected chi connectivity index (χ3v) is 6.97. The van der Waals surface area contributed by atoms with Crippen LogP contribution in [0.25, 0.3) is 0 Å². The van der Waals surface area contributed by atoms with E-state index < -0.39 is 6.17 Å². The first-order valence-electron chi connectivity index (χ1n) is 10.6. The van der Waals surface area contributed by atoms with Crippen molar-refractivity contribution < 1.29 is 4.39 Å². The number of nitrogens with zero attached hydrogens (tertiary/aromatic N) is 2. The fourth-order valence-corrected chi connectivity index (χ4v) is 5.41. The minimum atomic E-state index is -0.550. The van der Waals surface area contributed by atoms with Gasteiger partial charge in [0.2, 0.25) is 0 Å². The Morgan fingerprint density at radius 3 is 2.44 bits per heavy atom. The molecule has 4 fully saturated rings. The molecule has 4 rings (SSSR count). The average Bonchev–Trinajstić information content (AvgIpc) is 3.12. The van der Waals surface area contributed by atoms with E-state index >= 15 is 0 Å². The summed E-state index contributed by atoms with van der Waals surface area (Å²) in [5.41, 5.74) is 6.91. The molecule has 5 nitrogen and oxygen atoms in total. The van der Waals surface area contributed by atoms with Crippen LogP contribution >= 0.6 is 0 Å². The molecule has 3 heterocycles. The molecular weight excluding hydrogens is 317 g/mol. The molecule has 1 saturated carbocycles. The van der Waals surface area contributed by atoms with Crippen LogP contribution < -0.4 is 16.2 Å².